The Bertz CT molecular complexity index is 503. The second-order valence-corrected chi connectivity index (χ2v) is 6.16. The molecule has 1 nitrogen and oxygen atoms in total. The molecule has 0 radical (unpaired) electrons. The summed E-state index contributed by atoms with van der Waals surface area (Å²) in [7, 11) is 0. The lowest BCUT2D eigenvalue weighted by molar-refractivity contribution is 0.604. The van der Waals surface area contributed by atoms with Crippen molar-refractivity contribution in [3.63, 3.8) is 0 Å². The first-order valence-electron chi connectivity index (χ1n) is 5.75. The van der Waals surface area contributed by atoms with E-state index in [0.29, 0.717) is 0 Å². The minimum Gasteiger partial charge on any atom is -0.257 e. The van der Waals surface area contributed by atoms with Crippen molar-refractivity contribution in [3.8, 4) is 0 Å². The Hall–Kier alpha value is -1.41. The molecule has 0 saturated carbocycles. The highest BCUT2D eigenvalue weighted by molar-refractivity contribution is 7.13. The summed E-state index contributed by atoms with van der Waals surface area (Å²) in [6.07, 6.45) is 6.00. The van der Waals surface area contributed by atoms with Crippen LogP contribution >= 0.6 is 11.3 Å². The molecule has 2 rings (SSSR count). The fraction of sp³-hybridized carbons (Fsp3) is 0.267. The smallest absolute Gasteiger partial charge is 0.0630 e. The van der Waals surface area contributed by atoms with E-state index in [1.54, 1.807) is 0 Å². The van der Waals surface area contributed by atoms with E-state index in [9.17, 15) is 0 Å². The SMILES string of the molecule is CC(C)(C)c1ccc(/C=C/c2ccccn2)s1. The number of hydrogen-bond acceptors (Lipinski definition) is 2. The van der Waals surface area contributed by atoms with Crippen molar-refractivity contribution in [2.45, 2.75) is 26.2 Å². The van der Waals surface area contributed by atoms with Gasteiger partial charge in [0.05, 0.1) is 5.69 Å². The maximum Gasteiger partial charge on any atom is 0.0630 e. The Balaban J connectivity index is 2.15. The number of hydrogen-bond donors (Lipinski definition) is 0. The van der Waals surface area contributed by atoms with Crippen LogP contribution in [0.15, 0.2) is 36.5 Å². The predicted octanol–water partition coefficient (Wildman–Crippen LogP) is 4.61. The van der Waals surface area contributed by atoms with Gasteiger partial charge in [-0.3, -0.25) is 4.98 Å². The molecular weight excluding hydrogens is 226 g/mol. The molecule has 0 aliphatic carbocycles. The molecule has 0 saturated heterocycles. The van der Waals surface area contributed by atoms with Crippen molar-refractivity contribution < 1.29 is 0 Å². The molecule has 0 atom stereocenters. The molecule has 0 fully saturated rings. The first kappa shape index (κ1) is 12.1. The molecule has 2 aromatic rings. The topological polar surface area (TPSA) is 12.9 Å². The van der Waals surface area contributed by atoms with Crippen molar-refractivity contribution in [1.29, 1.82) is 0 Å². The van der Waals surface area contributed by atoms with E-state index >= 15 is 0 Å². The van der Waals surface area contributed by atoms with Crippen molar-refractivity contribution in [3.05, 3.63) is 52.0 Å². The standard InChI is InChI=1S/C15H17NS/c1-15(2,3)14-10-9-13(17-14)8-7-12-6-4-5-11-16-12/h4-11H,1-3H3/b8-7+. The van der Waals surface area contributed by atoms with Gasteiger partial charge in [0, 0.05) is 16.0 Å². The lowest BCUT2D eigenvalue weighted by Crippen LogP contribution is -2.07. The monoisotopic (exact) mass is 243 g/mol. The Kier molecular flexibility index (Phi) is 3.43. The van der Waals surface area contributed by atoms with Crippen LogP contribution in [0.5, 0.6) is 0 Å². The Morgan fingerprint density at radius 1 is 1.06 bits per heavy atom. The van der Waals surface area contributed by atoms with E-state index in [2.05, 4.69) is 50.0 Å². The largest absolute Gasteiger partial charge is 0.257 e. The summed E-state index contributed by atoms with van der Waals surface area (Å²) in [4.78, 5) is 6.96. The van der Waals surface area contributed by atoms with Gasteiger partial charge >= 0.3 is 0 Å². The summed E-state index contributed by atoms with van der Waals surface area (Å²) in [5, 5.41) is 0. The molecule has 0 spiro atoms. The number of thiophene rings is 1. The van der Waals surface area contributed by atoms with Crippen molar-refractivity contribution >= 4 is 23.5 Å². The van der Waals surface area contributed by atoms with Crippen LogP contribution in [-0.4, -0.2) is 4.98 Å². The second kappa shape index (κ2) is 4.84. The number of aromatic nitrogens is 1. The third-order valence-corrected chi connectivity index (χ3v) is 3.95. The fourth-order valence-corrected chi connectivity index (χ4v) is 2.46. The van der Waals surface area contributed by atoms with E-state index in [-0.39, 0.29) is 5.41 Å². The van der Waals surface area contributed by atoms with Gasteiger partial charge in [0.15, 0.2) is 0 Å². The highest BCUT2D eigenvalue weighted by Gasteiger charge is 2.15. The first-order valence-corrected chi connectivity index (χ1v) is 6.57. The zero-order chi connectivity index (χ0) is 12.3. The van der Waals surface area contributed by atoms with Crippen LogP contribution in [0.4, 0.5) is 0 Å². The van der Waals surface area contributed by atoms with Gasteiger partial charge in [0.25, 0.3) is 0 Å². The summed E-state index contributed by atoms with van der Waals surface area (Å²) >= 11 is 1.84. The predicted molar refractivity (Wildman–Crippen MR) is 76.2 cm³/mol. The van der Waals surface area contributed by atoms with Gasteiger partial charge in [-0.2, -0.15) is 0 Å². The Labute approximate surface area is 107 Å². The minimum absolute atomic E-state index is 0.238. The average Bonchev–Trinajstić information content (AvgIpc) is 2.76. The van der Waals surface area contributed by atoms with Crippen molar-refractivity contribution in [1.82, 2.24) is 4.98 Å². The highest BCUT2D eigenvalue weighted by Crippen LogP contribution is 2.30. The van der Waals surface area contributed by atoms with Gasteiger partial charge in [-0.1, -0.05) is 26.8 Å². The molecule has 0 amide bonds. The molecule has 17 heavy (non-hydrogen) atoms. The van der Waals surface area contributed by atoms with Crippen LogP contribution in [0.3, 0.4) is 0 Å². The summed E-state index contributed by atoms with van der Waals surface area (Å²) in [5.41, 5.74) is 1.24. The van der Waals surface area contributed by atoms with E-state index in [1.165, 1.54) is 9.75 Å². The van der Waals surface area contributed by atoms with Gasteiger partial charge in [-0.25, -0.2) is 0 Å². The normalized spacial score (nSPS) is 12.2. The molecule has 0 aromatic carbocycles. The molecule has 0 N–H and O–H groups in total. The number of nitrogens with zero attached hydrogens (tertiary/aromatic N) is 1. The maximum absolute atomic E-state index is 4.27. The maximum atomic E-state index is 4.27. The Morgan fingerprint density at radius 2 is 1.88 bits per heavy atom. The lowest BCUT2D eigenvalue weighted by Gasteiger charge is -2.15. The highest BCUT2D eigenvalue weighted by atomic mass is 32.1. The van der Waals surface area contributed by atoms with E-state index in [1.807, 2.05) is 35.7 Å². The van der Waals surface area contributed by atoms with Gasteiger partial charge in [0.2, 0.25) is 0 Å². The molecule has 2 heterocycles. The van der Waals surface area contributed by atoms with E-state index < -0.39 is 0 Å². The Morgan fingerprint density at radius 3 is 2.47 bits per heavy atom. The quantitative estimate of drug-likeness (QED) is 0.750. The lowest BCUT2D eigenvalue weighted by atomic mass is 9.95. The minimum atomic E-state index is 0.238. The zero-order valence-corrected chi connectivity index (χ0v) is 11.3. The first-order chi connectivity index (χ1) is 8.05. The molecule has 0 bridgehead atoms. The molecule has 0 unspecified atom stereocenters. The average molecular weight is 243 g/mol. The van der Waals surface area contributed by atoms with Crippen LogP contribution < -0.4 is 0 Å². The second-order valence-electron chi connectivity index (χ2n) is 5.04. The molecular formula is C15H17NS. The van der Waals surface area contributed by atoms with Gasteiger partial charge in [-0.05, 0) is 41.8 Å². The van der Waals surface area contributed by atoms with Crippen LogP contribution in [0.25, 0.3) is 12.2 Å². The number of rotatable bonds is 2. The third-order valence-electron chi connectivity index (χ3n) is 2.47. The van der Waals surface area contributed by atoms with Gasteiger partial charge in [0.1, 0.15) is 0 Å². The van der Waals surface area contributed by atoms with E-state index in [0.717, 1.165) is 5.69 Å². The van der Waals surface area contributed by atoms with Crippen LogP contribution in [0.1, 0.15) is 36.2 Å². The summed E-state index contributed by atoms with van der Waals surface area (Å²) < 4.78 is 0. The molecule has 0 aliphatic heterocycles. The van der Waals surface area contributed by atoms with Crippen LogP contribution in [0, 0.1) is 0 Å². The summed E-state index contributed by atoms with van der Waals surface area (Å²) in [5.74, 6) is 0. The number of pyridine rings is 1. The molecule has 88 valence electrons. The summed E-state index contributed by atoms with van der Waals surface area (Å²) in [6.45, 7) is 6.72. The molecule has 2 heteroatoms. The zero-order valence-electron chi connectivity index (χ0n) is 10.5. The van der Waals surface area contributed by atoms with Crippen molar-refractivity contribution in [2.24, 2.45) is 0 Å². The summed E-state index contributed by atoms with van der Waals surface area (Å²) in [6, 6.07) is 10.3. The van der Waals surface area contributed by atoms with Gasteiger partial charge < -0.3 is 0 Å². The molecule has 0 aliphatic rings. The molecule has 2 aromatic heterocycles. The van der Waals surface area contributed by atoms with Crippen molar-refractivity contribution in [2.75, 3.05) is 0 Å². The van der Waals surface area contributed by atoms with Crippen LogP contribution in [0.2, 0.25) is 0 Å². The van der Waals surface area contributed by atoms with E-state index in [4.69, 9.17) is 0 Å². The van der Waals surface area contributed by atoms with Crippen LogP contribution in [-0.2, 0) is 5.41 Å². The van der Waals surface area contributed by atoms with Gasteiger partial charge in [-0.15, -0.1) is 11.3 Å². The third kappa shape index (κ3) is 3.27. The fourth-order valence-electron chi connectivity index (χ4n) is 1.49.